The summed E-state index contributed by atoms with van der Waals surface area (Å²) in [6.45, 7) is 5.10. The molecule has 0 aliphatic carbocycles. The van der Waals surface area contributed by atoms with Crippen LogP contribution in [0.2, 0.25) is 0 Å². The summed E-state index contributed by atoms with van der Waals surface area (Å²) in [5, 5.41) is 10.2. The molecule has 6 nitrogen and oxygen atoms in total. The standard InChI is InChI=1S/C12H17N5OS.HI/c1-8-4-5-10(19-8)6-14-12(13-3)15-7-11-16-9(2)18-17-11;/h4-5H,6-7H2,1-3H3,(H2,13,14,15);1H. The van der Waals surface area contributed by atoms with Gasteiger partial charge in [-0.15, -0.1) is 35.3 Å². The van der Waals surface area contributed by atoms with E-state index >= 15 is 0 Å². The van der Waals surface area contributed by atoms with Crippen LogP contribution in [-0.4, -0.2) is 23.1 Å². The van der Waals surface area contributed by atoms with Crippen molar-refractivity contribution in [2.75, 3.05) is 7.05 Å². The predicted molar refractivity (Wildman–Crippen MR) is 90.5 cm³/mol. The second kappa shape index (κ2) is 8.20. The molecule has 0 aliphatic rings. The highest BCUT2D eigenvalue weighted by Crippen LogP contribution is 2.14. The fourth-order valence-corrected chi connectivity index (χ4v) is 2.38. The number of aliphatic imine (C=N–C) groups is 1. The zero-order valence-corrected chi connectivity index (χ0v) is 14.8. The van der Waals surface area contributed by atoms with Crippen LogP contribution in [0.4, 0.5) is 0 Å². The molecule has 0 atom stereocenters. The van der Waals surface area contributed by atoms with Crippen molar-refractivity contribution < 1.29 is 4.52 Å². The Morgan fingerprint density at radius 2 is 2.05 bits per heavy atom. The first-order chi connectivity index (χ1) is 9.17. The molecule has 0 aromatic carbocycles. The minimum absolute atomic E-state index is 0. The van der Waals surface area contributed by atoms with E-state index < -0.39 is 0 Å². The Morgan fingerprint density at radius 3 is 2.60 bits per heavy atom. The number of thiophene rings is 1. The summed E-state index contributed by atoms with van der Waals surface area (Å²) >= 11 is 1.77. The molecule has 0 saturated carbocycles. The molecule has 2 N–H and O–H groups in total. The normalized spacial score (nSPS) is 11.1. The highest BCUT2D eigenvalue weighted by atomic mass is 127. The summed E-state index contributed by atoms with van der Waals surface area (Å²) < 4.78 is 4.90. The number of aryl methyl sites for hydroxylation is 2. The van der Waals surface area contributed by atoms with Gasteiger partial charge in [-0.05, 0) is 19.1 Å². The molecule has 0 radical (unpaired) electrons. The van der Waals surface area contributed by atoms with Crippen LogP contribution >= 0.6 is 35.3 Å². The maximum absolute atomic E-state index is 4.90. The third kappa shape index (κ3) is 5.08. The van der Waals surface area contributed by atoms with Crippen molar-refractivity contribution in [3.8, 4) is 0 Å². The number of halogens is 1. The molecule has 0 aliphatic heterocycles. The minimum atomic E-state index is 0. The van der Waals surface area contributed by atoms with E-state index in [1.54, 1.807) is 25.3 Å². The summed E-state index contributed by atoms with van der Waals surface area (Å²) in [5.74, 6) is 1.90. The molecule has 2 aromatic rings. The summed E-state index contributed by atoms with van der Waals surface area (Å²) in [5.41, 5.74) is 0. The summed E-state index contributed by atoms with van der Waals surface area (Å²) in [7, 11) is 1.73. The Bertz CT molecular complexity index is 519. The molecular formula is C12H18IN5OS. The molecule has 2 heterocycles. The number of hydrogen-bond donors (Lipinski definition) is 2. The van der Waals surface area contributed by atoms with Gasteiger partial charge in [-0.2, -0.15) is 4.98 Å². The monoisotopic (exact) mass is 407 g/mol. The van der Waals surface area contributed by atoms with Gasteiger partial charge >= 0.3 is 0 Å². The van der Waals surface area contributed by atoms with Gasteiger partial charge in [0.25, 0.3) is 0 Å². The fourth-order valence-electron chi connectivity index (χ4n) is 1.55. The maximum atomic E-state index is 4.90. The van der Waals surface area contributed by atoms with Gasteiger partial charge in [0.2, 0.25) is 5.89 Å². The van der Waals surface area contributed by atoms with Gasteiger partial charge in [-0.3, -0.25) is 4.99 Å². The quantitative estimate of drug-likeness (QED) is 0.462. The largest absolute Gasteiger partial charge is 0.352 e. The third-order valence-corrected chi connectivity index (χ3v) is 3.43. The second-order valence-corrected chi connectivity index (χ2v) is 5.39. The smallest absolute Gasteiger partial charge is 0.223 e. The number of rotatable bonds is 4. The first kappa shape index (κ1) is 16.9. The van der Waals surface area contributed by atoms with E-state index in [1.807, 2.05) is 0 Å². The van der Waals surface area contributed by atoms with Gasteiger partial charge in [-0.25, -0.2) is 0 Å². The SMILES string of the molecule is CN=C(NCc1noc(C)n1)NCc1ccc(C)s1.I. The van der Waals surface area contributed by atoms with E-state index in [0.717, 1.165) is 6.54 Å². The summed E-state index contributed by atoms with van der Waals surface area (Å²) in [6, 6.07) is 4.22. The first-order valence-corrected chi connectivity index (χ1v) is 6.78. The Hall–Kier alpha value is -1.16. The second-order valence-electron chi connectivity index (χ2n) is 4.02. The molecule has 2 aromatic heterocycles. The minimum Gasteiger partial charge on any atom is -0.352 e. The van der Waals surface area contributed by atoms with E-state index in [0.29, 0.717) is 24.2 Å². The molecular weight excluding hydrogens is 389 g/mol. The van der Waals surface area contributed by atoms with Crippen LogP contribution < -0.4 is 10.6 Å². The summed E-state index contributed by atoms with van der Waals surface area (Å²) in [6.07, 6.45) is 0. The van der Waals surface area contributed by atoms with Crippen LogP contribution in [0.1, 0.15) is 21.5 Å². The molecule has 0 saturated heterocycles. The third-order valence-electron chi connectivity index (χ3n) is 2.43. The van der Waals surface area contributed by atoms with Crippen molar-refractivity contribution in [2.24, 2.45) is 4.99 Å². The lowest BCUT2D eigenvalue weighted by Gasteiger charge is -2.09. The number of hydrogen-bond acceptors (Lipinski definition) is 5. The molecule has 0 amide bonds. The van der Waals surface area contributed by atoms with Crippen LogP contribution in [0.25, 0.3) is 0 Å². The topological polar surface area (TPSA) is 75.3 Å². The Labute approximate surface area is 139 Å². The number of guanidine groups is 1. The van der Waals surface area contributed by atoms with E-state index in [-0.39, 0.29) is 24.0 Å². The molecule has 20 heavy (non-hydrogen) atoms. The van der Waals surface area contributed by atoms with Crippen LogP contribution in [-0.2, 0) is 13.1 Å². The van der Waals surface area contributed by atoms with Gasteiger partial charge in [0.15, 0.2) is 11.8 Å². The number of nitrogens with one attached hydrogen (secondary N) is 2. The van der Waals surface area contributed by atoms with Crippen LogP contribution in [0, 0.1) is 13.8 Å². The van der Waals surface area contributed by atoms with Crippen molar-refractivity contribution in [3.05, 3.63) is 33.6 Å². The van der Waals surface area contributed by atoms with E-state index in [1.165, 1.54) is 9.75 Å². The Balaban J connectivity index is 0.00000200. The predicted octanol–water partition coefficient (Wildman–Crippen LogP) is 2.23. The zero-order chi connectivity index (χ0) is 13.7. The molecule has 0 bridgehead atoms. The molecule has 0 unspecified atom stereocenters. The molecule has 8 heteroatoms. The Morgan fingerprint density at radius 1 is 1.30 bits per heavy atom. The fraction of sp³-hybridized carbons (Fsp3) is 0.417. The first-order valence-electron chi connectivity index (χ1n) is 5.96. The lowest BCUT2D eigenvalue weighted by atomic mass is 10.4. The van der Waals surface area contributed by atoms with Gasteiger partial charge < -0.3 is 15.2 Å². The van der Waals surface area contributed by atoms with Crippen LogP contribution in [0.3, 0.4) is 0 Å². The van der Waals surface area contributed by atoms with Crippen molar-refractivity contribution in [2.45, 2.75) is 26.9 Å². The zero-order valence-electron chi connectivity index (χ0n) is 11.6. The highest BCUT2D eigenvalue weighted by molar-refractivity contribution is 14.0. The lowest BCUT2D eigenvalue weighted by Crippen LogP contribution is -2.36. The average Bonchev–Trinajstić information content (AvgIpc) is 2.99. The van der Waals surface area contributed by atoms with Gasteiger partial charge in [0.1, 0.15) is 0 Å². The van der Waals surface area contributed by atoms with Gasteiger partial charge in [-0.1, -0.05) is 5.16 Å². The molecule has 2 rings (SSSR count). The summed E-state index contributed by atoms with van der Waals surface area (Å²) in [4.78, 5) is 10.8. The van der Waals surface area contributed by atoms with Gasteiger partial charge in [0, 0.05) is 23.7 Å². The number of aromatic nitrogens is 2. The van der Waals surface area contributed by atoms with Crippen molar-refractivity contribution in [1.82, 2.24) is 20.8 Å². The molecule has 0 fully saturated rings. The molecule has 0 spiro atoms. The van der Waals surface area contributed by atoms with Gasteiger partial charge in [0.05, 0.1) is 13.1 Å². The number of nitrogens with zero attached hydrogens (tertiary/aromatic N) is 3. The highest BCUT2D eigenvalue weighted by Gasteiger charge is 2.04. The van der Waals surface area contributed by atoms with E-state index in [2.05, 4.69) is 44.8 Å². The van der Waals surface area contributed by atoms with Crippen LogP contribution in [0.15, 0.2) is 21.6 Å². The Kier molecular flexibility index (Phi) is 6.93. The molecule has 110 valence electrons. The van der Waals surface area contributed by atoms with Crippen LogP contribution in [0.5, 0.6) is 0 Å². The van der Waals surface area contributed by atoms with Crippen molar-refractivity contribution >= 4 is 41.3 Å². The average molecular weight is 407 g/mol. The van der Waals surface area contributed by atoms with Crippen molar-refractivity contribution in [3.63, 3.8) is 0 Å². The lowest BCUT2D eigenvalue weighted by molar-refractivity contribution is 0.387. The van der Waals surface area contributed by atoms with E-state index in [9.17, 15) is 0 Å². The maximum Gasteiger partial charge on any atom is 0.223 e. The van der Waals surface area contributed by atoms with Crippen molar-refractivity contribution in [1.29, 1.82) is 0 Å². The van der Waals surface area contributed by atoms with E-state index in [4.69, 9.17) is 4.52 Å².